The highest BCUT2D eigenvalue weighted by Crippen LogP contribution is 2.42. The van der Waals surface area contributed by atoms with Crippen molar-refractivity contribution < 1.29 is 4.79 Å². The maximum Gasteiger partial charge on any atom is 0.324 e. The molecule has 2 saturated heterocycles. The Morgan fingerprint density at radius 2 is 2.00 bits per heavy atom. The fourth-order valence-corrected chi connectivity index (χ4v) is 5.39. The van der Waals surface area contributed by atoms with Crippen molar-refractivity contribution in [1.29, 1.82) is 0 Å². The molecule has 0 bridgehead atoms. The second-order valence-electron chi connectivity index (χ2n) is 7.40. The molecule has 3 aliphatic heterocycles. The molecule has 8 heteroatoms. The molecule has 4 N–H and O–H groups in total. The molecular formula is C19H24ClN5OS. The van der Waals surface area contributed by atoms with Crippen LogP contribution in [0.25, 0.3) is 0 Å². The lowest BCUT2D eigenvalue weighted by molar-refractivity contribution is 0.0393. The molecule has 3 heterocycles. The lowest BCUT2D eigenvalue weighted by Gasteiger charge is -2.49. The van der Waals surface area contributed by atoms with Gasteiger partial charge in [0, 0.05) is 53.8 Å². The molecule has 1 aromatic rings. The molecule has 27 heavy (non-hydrogen) atoms. The number of rotatable bonds is 2. The first-order chi connectivity index (χ1) is 13.0. The van der Waals surface area contributed by atoms with Gasteiger partial charge in [0.1, 0.15) is 0 Å². The number of carbonyl (C=O) groups excluding carboxylic acids is 1. The molecule has 0 aliphatic carbocycles. The average molecular weight is 406 g/mol. The number of hydrogen-bond acceptors (Lipinski definition) is 5. The predicted octanol–water partition coefficient (Wildman–Crippen LogP) is 2.65. The van der Waals surface area contributed by atoms with E-state index >= 15 is 0 Å². The zero-order chi connectivity index (χ0) is 19.0. The molecule has 3 aliphatic rings. The van der Waals surface area contributed by atoms with E-state index < -0.39 is 0 Å². The third-order valence-electron chi connectivity index (χ3n) is 5.52. The summed E-state index contributed by atoms with van der Waals surface area (Å²) < 4.78 is 0. The molecule has 144 valence electrons. The number of amides is 2. The van der Waals surface area contributed by atoms with E-state index in [9.17, 15) is 4.79 Å². The smallest absolute Gasteiger partial charge is 0.324 e. The minimum absolute atomic E-state index is 0.101. The summed E-state index contributed by atoms with van der Waals surface area (Å²) in [4.78, 5) is 20.3. The van der Waals surface area contributed by atoms with Crippen LogP contribution in [0.1, 0.15) is 6.42 Å². The highest BCUT2D eigenvalue weighted by Gasteiger charge is 2.49. The van der Waals surface area contributed by atoms with Crippen LogP contribution < -0.4 is 16.4 Å². The largest absolute Gasteiger partial charge is 0.405 e. The zero-order valence-corrected chi connectivity index (χ0v) is 16.7. The van der Waals surface area contributed by atoms with Crippen LogP contribution in [-0.4, -0.2) is 54.3 Å². The van der Waals surface area contributed by atoms with E-state index in [0.29, 0.717) is 5.02 Å². The number of fused-ring (bicyclic) bond motifs is 1. The van der Waals surface area contributed by atoms with Crippen LogP contribution in [0, 0.1) is 5.41 Å². The molecule has 0 atom stereocenters. The highest BCUT2D eigenvalue weighted by atomic mass is 35.5. The van der Waals surface area contributed by atoms with E-state index in [4.69, 9.17) is 23.1 Å². The third-order valence-corrected chi connectivity index (χ3v) is 6.78. The number of hydrogen-bond donors (Lipinski definition) is 2. The molecule has 2 amide bonds. The van der Waals surface area contributed by atoms with Gasteiger partial charge in [-0.15, -0.1) is 11.8 Å². The maximum atomic E-state index is 13.2. The van der Waals surface area contributed by atoms with Crippen molar-refractivity contribution in [1.82, 2.24) is 9.80 Å². The van der Waals surface area contributed by atoms with Crippen molar-refractivity contribution in [3.8, 4) is 0 Å². The molecule has 0 unspecified atom stereocenters. The van der Waals surface area contributed by atoms with Crippen LogP contribution in [0.3, 0.4) is 0 Å². The van der Waals surface area contributed by atoms with Gasteiger partial charge in [0.15, 0.2) is 0 Å². The number of thioether (sulfide) groups is 1. The number of anilines is 1. The van der Waals surface area contributed by atoms with Gasteiger partial charge in [-0.05, 0) is 43.0 Å². The van der Waals surface area contributed by atoms with Crippen molar-refractivity contribution in [2.45, 2.75) is 11.3 Å². The van der Waals surface area contributed by atoms with E-state index in [-0.39, 0.29) is 11.4 Å². The first-order valence-corrected chi connectivity index (χ1v) is 10.5. The summed E-state index contributed by atoms with van der Waals surface area (Å²) in [6.07, 6.45) is 6.05. The standard InChI is InChI=1S/C19H24ClN5OS/c20-14-3-4-15-16(10-14)27-9-8-25(15)18(26)23-7-5-19(11-23)12-24(13-19)17(22)2-1-6-21/h1-4,6,10H,5,7-9,11-13,21-22H2/b6-1-,17-2+. The van der Waals surface area contributed by atoms with Gasteiger partial charge in [-0.25, -0.2) is 4.79 Å². The van der Waals surface area contributed by atoms with Crippen LogP contribution >= 0.6 is 23.4 Å². The molecule has 2 fully saturated rings. The molecular weight excluding hydrogens is 382 g/mol. The van der Waals surface area contributed by atoms with Crippen LogP contribution in [0.2, 0.25) is 5.02 Å². The molecule has 4 rings (SSSR count). The third kappa shape index (κ3) is 3.46. The highest BCUT2D eigenvalue weighted by molar-refractivity contribution is 7.99. The number of halogens is 1. The lowest BCUT2D eigenvalue weighted by Crippen LogP contribution is -2.58. The Labute approximate surface area is 168 Å². The van der Waals surface area contributed by atoms with Crippen LogP contribution in [-0.2, 0) is 0 Å². The second kappa shape index (κ2) is 7.20. The van der Waals surface area contributed by atoms with Crippen molar-refractivity contribution in [2.24, 2.45) is 16.9 Å². The second-order valence-corrected chi connectivity index (χ2v) is 8.97. The molecule has 1 spiro atoms. The summed E-state index contributed by atoms with van der Waals surface area (Å²) in [7, 11) is 0. The Morgan fingerprint density at radius 3 is 2.78 bits per heavy atom. The van der Waals surface area contributed by atoms with Crippen LogP contribution in [0.5, 0.6) is 0 Å². The number of nitrogens with zero attached hydrogens (tertiary/aromatic N) is 3. The van der Waals surface area contributed by atoms with E-state index in [1.807, 2.05) is 34.1 Å². The topological polar surface area (TPSA) is 78.8 Å². The van der Waals surface area contributed by atoms with E-state index in [1.165, 1.54) is 6.20 Å². The SMILES string of the molecule is N/C=C\C=C(/N)N1CC2(CCN(C(=O)N3CCSc4cc(Cl)ccc43)C2)C1. The van der Waals surface area contributed by atoms with Crippen molar-refractivity contribution in [2.75, 3.05) is 43.4 Å². The zero-order valence-electron chi connectivity index (χ0n) is 15.1. The normalized spacial score (nSPS) is 21.7. The Kier molecular flexibility index (Phi) is 4.90. The Hall–Kier alpha value is -1.99. The van der Waals surface area contributed by atoms with Gasteiger partial charge in [0.2, 0.25) is 0 Å². The number of nitrogens with two attached hydrogens (primary N) is 2. The van der Waals surface area contributed by atoms with Crippen molar-refractivity contribution in [3.05, 3.63) is 47.4 Å². The monoisotopic (exact) mass is 405 g/mol. The first kappa shape index (κ1) is 18.4. The maximum absolute atomic E-state index is 13.2. The number of carbonyl (C=O) groups is 1. The van der Waals surface area contributed by atoms with Gasteiger partial charge in [-0.1, -0.05) is 11.6 Å². The van der Waals surface area contributed by atoms with Crippen molar-refractivity contribution >= 4 is 35.1 Å². The first-order valence-electron chi connectivity index (χ1n) is 9.09. The predicted molar refractivity (Wildman–Crippen MR) is 111 cm³/mol. The fourth-order valence-electron chi connectivity index (χ4n) is 4.13. The average Bonchev–Trinajstić information content (AvgIpc) is 3.09. The Balaban J connectivity index is 1.41. The lowest BCUT2D eigenvalue weighted by atomic mass is 9.79. The van der Waals surface area contributed by atoms with Gasteiger partial charge >= 0.3 is 6.03 Å². The van der Waals surface area contributed by atoms with Crippen molar-refractivity contribution in [3.63, 3.8) is 0 Å². The van der Waals surface area contributed by atoms with Gasteiger partial charge in [-0.3, -0.25) is 4.90 Å². The van der Waals surface area contributed by atoms with E-state index in [0.717, 1.165) is 61.3 Å². The summed E-state index contributed by atoms with van der Waals surface area (Å²) >= 11 is 7.86. The van der Waals surface area contributed by atoms with Gasteiger partial charge in [0.05, 0.1) is 11.5 Å². The van der Waals surface area contributed by atoms with Gasteiger partial charge in [0.25, 0.3) is 0 Å². The molecule has 6 nitrogen and oxygen atoms in total. The Bertz CT molecular complexity index is 805. The number of likely N-dealkylation sites (tertiary alicyclic amines) is 2. The summed E-state index contributed by atoms with van der Waals surface area (Å²) in [6.45, 7) is 4.09. The van der Waals surface area contributed by atoms with Gasteiger partial charge < -0.3 is 21.3 Å². The molecule has 1 aromatic carbocycles. The number of urea groups is 1. The fraction of sp³-hybridized carbons (Fsp3) is 0.421. The summed E-state index contributed by atoms with van der Waals surface area (Å²) in [5.41, 5.74) is 12.6. The van der Waals surface area contributed by atoms with Gasteiger partial charge in [-0.2, -0.15) is 0 Å². The minimum Gasteiger partial charge on any atom is -0.405 e. The van der Waals surface area contributed by atoms with Crippen LogP contribution in [0.15, 0.2) is 47.3 Å². The number of benzene rings is 1. The van der Waals surface area contributed by atoms with E-state index in [2.05, 4.69) is 4.90 Å². The Morgan fingerprint density at radius 1 is 1.22 bits per heavy atom. The summed E-state index contributed by atoms with van der Waals surface area (Å²) in [5, 5.41) is 0.709. The molecule has 0 aromatic heterocycles. The quantitative estimate of drug-likeness (QED) is 0.739. The van der Waals surface area contributed by atoms with Crippen LogP contribution in [0.4, 0.5) is 10.5 Å². The van der Waals surface area contributed by atoms with E-state index in [1.54, 1.807) is 17.8 Å². The minimum atomic E-state index is 0.101. The number of allylic oxidation sites excluding steroid dienone is 2. The summed E-state index contributed by atoms with van der Waals surface area (Å²) in [6, 6.07) is 5.85. The summed E-state index contributed by atoms with van der Waals surface area (Å²) in [5.74, 6) is 1.62. The molecule has 0 saturated carbocycles. The molecule has 0 radical (unpaired) electrons.